The highest BCUT2D eigenvalue weighted by molar-refractivity contribution is 6.69. The lowest BCUT2D eigenvalue weighted by atomic mass is 10.1. The minimum Gasteiger partial charge on any atom is -0.432 e. The highest BCUT2D eigenvalue weighted by atomic mass is 28.4. The number of hydrogen-bond donors (Lipinski definition) is 1. The van der Waals surface area contributed by atoms with Gasteiger partial charge in [0.2, 0.25) is 0 Å². The van der Waals surface area contributed by atoms with Crippen molar-refractivity contribution in [3.8, 4) is 0 Å². The van der Waals surface area contributed by atoms with E-state index in [4.69, 9.17) is 0 Å². The second-order valence-corrected chi connectivity index (χ2v) is 8.22. The van der Waals surface area contributed by atoms with E-state index in [1.807, 2.05) is 31.3 Å². The van der Waals surface area contributed by atoms with Crippen LogP contribution in [0.25, 0.3) is 0 Å². The zero-order valence-corrected chi connectivity index (χ0v) is 9.87. The van der Waals surface area contributed by atoms with Gasteiger partial charge in [-0.05, 0) is 37.7 Å². The van der Waals surface area contributed by atoms with Crippen molar-refractivity contribution in [3.63, 3.8) is 0 Å². The number of benzene rings is 1. The third kappa shape index (κ3) is 3.44. The second kappa shape index (κ2) is 4.07. The Hall–Kier alpha value is -0.933. The van der Waals surface area contributed by atoms with Gasteiger partial charge in [-0.2, -0.15) is 0 Å². The first-order valence-corrected chi connectivity index (χ1v) is 7.86. The fourth-order valence-corrected chi connectivity index (χ4v) is 2.62. The van der Waals surface area contributed by atoms with Gasteiger partial charge in [0.25, 0.3) is 0 Å². The lowest BCUT2D eigenvalue weighted by molar-refractivity contribution is 0.101. The van der Waals surface area contributed by atoms with Crippen LogP contribution < -0.4 is 0 Å². The maximum absolute atomic E-state index is 11.1. The summed E-state index contributed by atoms with van der Waals surface area (Å²) in [7, 11) is -2.07. The summed E-state index contributed by atoms with van der Waals surface area (Å²) in [4.78, 5) is 20.9. The zero-order valence-electron chi connectivity index (χ0n) is 8.87. The van der Waals surface area contributed by atoms with E-state index in [-0.39, 0.29) is 5.78 Å². The molecule has 3 heteroatoms. The SMILES string of the molecule is CC(=O)c1cccc(C[Si](C)(C)O)c1. The van der Waals surface area contributed by atoms with E-state index in [0.717, 1.165) is 11.1 Å². The van der Waals surface area contributed by atoms with Crippen LogP contribution in [0.2, 0.25) is 13.1 Å². The maximum atomic E-state index is 11.1. The van der Waals surface area contributed by atoms with E-state index >= 15 is 0 Å². The van der Waals surface area contributed by atoms with Crippen molar-refractivity contribution in [2.75, 3.05) is 0 Å². The summed E-state index contributed by atoms with van der Waals surface area (Å²) in [6.45, 7) is 5.35. The second-order valence-electron chi connectivity index (χ2n) is 4.25. The first-order chi connectivity index (χ1) is 6.38. The topological polar surface area (TPSA) is 37.3 Å². The molecule has 0 radical (unpaired) electrons. The van der Waals surface area contributed by atoms with E-state index in [1.54, 1.807) is 13.0 Å². The molecule has 0 fully saturated rings. The molecule has 0 saturated heterocycles. The van der Waals surface area contributed by atoms with Crippen molar-refractivity contribution in [2.45, 2.75) is 26.1 Å². The molecule has 0 amide bonds. The molecule has 0 aliphatic carbocycles. The Balaban J connectivity index is 2.89. The molecule has 1 aromatic carbocycles. The molecule has 0 bridgehead atoms. The van der Waals surface area contributed by atoms with Crippen LogP contribution in [0.15, 0.2) is 24.3 Å². The number of Topliss-reactive ketones (excluding diaryl/α,β-unsaturated/α-hetero) is 1. The predicted molar refractivity (Wildman–Crippen MR) is 59.9 cm³/mol. The molecular formula is C11H16O2Si. The number of rotatable bonds is 3. The number of carbonyl (C=O) groups is 1. The average Bonchev–Trinajstić information content (AvgIpc) is 2.01. The largest absolute Gasteiger partial charge is 0.432 e. The molecule has 1 N–H and O–H groups in total. The Morgan fingerprint density at radius 2 is 2.07 bits per heavy atom. The van der Waals surface area contributed by atoms with Crippen molar-refractivity contribution in [1.82, 2.24) is 0 Å². The summed E-state index contributed by atoms with van der Waals surface area (Å²) in [6.07, 6.45) is 0. The van der Waals surface area contributed by atoms with Crippen LogP contribution in [-0.4, -0.2) is 18.9 Å². The fraction of sp³-hybridized carbons (Fsp3) is 0.364. The minimum atomic E-state index is -2.07. The van der Waals surface area contributed by atoms with Crippen LogP contribution in [0.3, 0.4) is 0 Å². The normalized spacial score (nSPS) is 11.4. The summed E-state index contributed by atoms with van der Waals surface area (Å²) in [5.74, 6) is 0.0734. The van der Waals surface area contributed by atoms with Gasteiger partial charge in [-0.15, -0.1) is 0 Å². The maximum Gasteiger partial charge on any atom is 0.186 e. The van der Waals surface area contributed by atoms with Crippen LogP contribution in [0, 0.1) is 0 Å². The van der Waals surface area contributed by atoms with Crippen LogP contribution in [0.5, 0.6) is 0 Å². The van der Waals surface area contributed by atoms with Gasteiger partial charge in [0.1, 0.15) is 0 Å². The molecule has 0 saturated carbocycles. The molecule has 0 unspecified atom stereocenters. The molecule has 2 nitrogen and oxygen atoms in total. The Bertz CT molecular complexity index is 339. The van der Waals surface area contributed by atoms with Crippen LogP contribution in [0.1, 0.15) is 22.8 Å². The number of hydrogen-bond acceptors (Lipinski definition) is 2. The molecule has 0 spiro atoms. The molecule has 0 aromatic heterocycles. The van der Waals surface area contributed by atoms with Gasteiger partial charge >= 0.3 is 0 Å². The van der Waals surface area contributed by atoms with Crippen molar-refractivity contribution < 1.29 is 9.59 Å². The number of ketones is 1. The summed E-state index contributed by atoms with van der Waals surface area (Å²) in [5.41, 5.74) is 1.78. The molecule has 14 heavy (non-hydrogen) atoms. The Labute approximate surface area is 85.7 Å². The third-order valence-corrected chi connectivity index (χ3v) is 3.24. The Morgan fingerprint density at radius 1 is 1.43 bits per heavy atom. The molecule has 0 heterocycles. The van der Waals surface area contributed by atoms with E-state index in [1.165, 1.54) is 0 Å². The molecule has 1 rings (SSSR count). The molecule has 1 aromatic rings. The van der Waals surface area contributed by atoms with Crippen molar-refractivity contribution in [3.05, 3.63) is 35.4 Å². The highest BCUT2D eigenvalue weighted by Crippen LogP contribution is 2.11. The van der Waals surface area contributed by atoms with Gasteiger partial charge in [0.05, 0.1) is 0 Å². The van der Waals surface area contributed by atoms with Gasteiger partial charge in [0.15, 0.2) is 14.1 Å². The standard InChI is InChI=1S/C11H16O2Si/c1-9(12)11-6-4-5-10(7-11)8-14(2,3)13/h4-7,13H,8H2,1-3H3. The zero-order chi connectivity index (χ0) is 10.8. The summed E-state index contributed by atoms with van der Waals surface area (Å²) in [6, 6.07) is 8.20. The van der Waals surface area contributed by atoms with Crippen LogP contribution in [0.4, 0.5) is 0 Å². The van der Waals surface area contributed by atoms with E-state index in [0.29, 0.717) is 6.04 Å². The monoisotopic (exact) mass is 208 g/mol. The Kier molecular flexibility index (Phi) is 3.24. The lowest BCUT2D eigenvalue weighted by Crippen LogP contribution is -2.28. The molecular weight excluding hydrogens is 192 g/mol. The first-order valence-electron chi connectivity index (χ1n) is 4.71. The van der Waals surface area contributed by atoms with Crippen molar-refractivity contribution in [2.24, 2.45) is 0 Å². The summed E-state index contributed by atoms with van der Waals surface area (Å²) >= 11 is 0. The third-order valence-electron chi connectivity index (χ3n) is 1.97. The van der Waals surface area contributed by atoms with Crippen LogP contribution in [-0.2, 0) is 6.04 Å². The van der Waals surface area contributed by atoms with Gasteiger partial charge < -0.3 is 4.80 Å². The highest BCUT2D eigenvalue weighted by Gasteiger charge is 2.17. The van der Waals surface area contributed by atoms with E-state index in [9.17, 15) is 9.59 Å². The van der Waals surface area contributed by atoms with Gasteiger partial charge in [-0.3, -0.25) is 4.79 Å². The van der Waals surface area contributed by atoms with Crippen molar-refractivity contribution >= 4 is 14.1 Å². The van der Waals surface area contributed by atoms with Crippen LogP contribution >= 0.6 is 0 Å². The van der Waals surface area contributed by atoms with E-state index in [2.05, 4.69) is 0 Å². The summed E-state index contributed by atoms with van der Waals surface area (Å²) < 4.78 is 0. The van der Waals surface area contributed by atoms with Gasteiger partial charge in [0, 0.05) is 5.56 Å². The quantitative estimate of drug-likeness (QED) is 0.610. The first kappa shape index (κ1) is 11.1. The minimum absolute atomic E-state index is 0.0734. The van der Waals surface area contributed by atoms with Gasteiger partial charge in [-0.1, -0.05) is 18.2 Å². The molecule has 0 aliphatic rings. The lowest BCUT2D eigenvalue weighted by Gasteiger charge is -2.13. The smallest absolute Gasteiger partial charge is 0.186 e. The molecule has 76 valence electrons. The number of carbonyl (C=O) groups excluding carboxylic acids is 1. The average molecular weight is 208 g/mol. The fourth-order valence-electron chi connectivity index (χ4n) is 1.40. The predicted octanol–water partition coefficient (Wildman–Crippen LogP) is 2.17. The van der Waals surface area contributed by atoms with Crippen molar-refractivity contribution in [1.29, 1.82) is 0 Å². The molecule has 0 atom stereocenters. The molecule has 0 aliphatic heterocycles. The van der Waals surface area contributed by atoms with Gasteiger partial charge in [-0.25, -0.2) is 0 Å². The van der Waals surface area contributed by atoms with E-state index < -0.39 is 8.32 Å². The summed E-state index contributed by atoms with van der Waals surface area (Å²) in [5, 5.41) is 0. The Morgan fingerprint density at radius 3 is 2.57 bits per heavy atom.